The van der Waals surface area contributed by atoms with E-state index in [0.717, 1.165) is 29.7 Å². The molecule has 4 atom stereocenters. The lowest BCUT2D eigenvalue weighted by Crippen LogP contribution is -2.52. The lowest BCUT2D eigenvalue weighted by atomic mass is 9.89. The maximum Gasteiger partial charge on any atom is 0.408 e. The van der Waals surface area contributed by atoms with E-state index >= 15 is 0 Å². The molecule has 11 nitrogen and oxygen atoms in total. The highest BCUT2D eigenvalue weighted by Crippen LogP contribution is 2.29. The number of hydrogen-bond acceptors (Lipinski definition) is 9. The molecular weight excluding hydrogens is 744 g/mol. The Morgan fingerprint density at radius 2 is 1.53 bits per heavy atom. The Balaban J connectivity index is 1.23. The number of likely N-dealkylation sites (tertiary alicyclic amines) is 1. The number of rotatable bonds is 20. The van der Waals surface area contributed by atoms with Crippen LogP contribution in [0.1, 0.15) is 65.9 Å². The fraction of sp³-hybridized carbons (Fsp3) is 0.356. The van der Waals surface area contributed by atoms with Gasteiger partial charge in [-0.15, -0.1) is 0 Å². The number of para-hydroxylation sites is 2. The van der Waals surface area contributed by atoms with Crippen LogP contribution in [0.15, 0.2) is 114 Å². The van der Waals surface area contributed by atoms with E-state index in [2.05, 4.69) is 15.6 Å². The summed E-state index contributed by atoms with van der Waals surface area (Å²) in [4.78, 5) is 62.4. The number of nitrogens with one attached hydrogen (secondary N) is 2. The van der Waals surface area contributed by atoms with E-state index in [1.54, 1.807) is 24.3 Å². The van der Waals surface area contributed by atoms with E-state index in [4.69, 9.17) is 25.5 Å². The number of carbonyl (C=O) groups excluding carboxylic acids is 4. The minimum Gasteiger partial charge on any atom is -0.445 e. The average molecular weight is 793 g/mol. The minimum absolute atomic E-state index is 0.0293. The number of unbranched alkanes of at least 4 members (excludes halogenated alkanes) is 1. The summed E-state index contributed by atoms with van der Waals surface area (Å²) < 4.78 is 17.7. The first-order chi connectivity index (χ1) is 27.8. The highest BCUT2D eigenvalue weighted by molar-refractivity contribution is 6.30. The molecule has 1 aromatic heterocycles. The van der Waals surface area contributed by atoms with Gasteiger partial charge in [0.05, 0.1) is 18.8 Å². The first-order valence-electron chi connectivity index (χ1n) is 19.5. The number of oxazole rings is 1. The highest BCUT2D eigenvalue weighted by Gasteiger charge is 2.43. The predicted octanol–water partition coefficient (Wildman–Crippen LogP) is 7.74. The van der Waals surface area contributed by atoms with Crippen LogP contribution in [0.3, 0.4) is 0 Å². The molecule has 2 N–H and O–H groups in total. The summed E-state index contributed by atoms with van der Waals surface area (Å²) in [6.45, 7) is 1.16. The molecule has 57 heavy (non-hydrogen) atoms. The predicted molar refractivity (Wildman–Crippen MR) is 218 cm³/mol. The van der Waals surface area contributed by atoms with Gasteiger partial charge in [-0.3, -0.25) is 14.4 Å². The zero-order chi connectivity index (χ0) is 40.0. The summed E-state index contributed by atoms with van der Waals surface area (Å²) in [5.74, 6) is -1.79. The third-order valence-corrected chi connectivity index (χ3v) is 10.5. The summed E-state index contributed by atoms with van der Waals surface area (Å²) in [6, 6.07) is 31.5. The molecule has 1 aliphatic rings. The maximum absolute atomic E-state index is 14.7. The third kappa shape index (κ3) is 11.8. The summed E-state index contributed by atoms with van der Waals surface area (Å²) in [7, 11) is 1.87. The Morgan fingerprint density at radius 3 is 2.25 bits per heavy atom. The van der Waals surface area contributed by atoms with Gasteiger partial charge < -0.3 is 29.4 Å². The number of ketones is 2. The Bertz CT molecular complexity index is 2040. The number of benzene rings is 4. The first kappa shape index (κ1) is 41.3. The molecule has 5 aromatic rings. The Labute approximate surface area is 338 Å². The molecule has 1 fully saturated rings. The number of amides is 2. The molecule has 4 aromatic carbocycles. The van der Waals surface area contributed by atoms with Crippen molar-refractivity contribution in [1.82, 2.24) is 20.5 Å². The molecule has 2 amide bonds. The van der Waals surface area contributed by atoms with Crippen LogP contribution in [0.2, 0.25) is 5.02 Å². The lowest BCUT2D eigenvalue weighted by molar-refractivity contribution is -0.139. The second-order valence-corrected chi connectivity index (χ2v) is 14.8. The maximum atomic E-state index is 14.7. The molecule has 2 heterocycles. The van der Waals surface area contributed by atoms with E-state index < -0.39 is 36.1 Å². The van der Waals surface area contributed by atoms with Crippen molar-refractivity contribution in [1.29, 1.82) is 0 Å². The third-order valence-electron chi connectivity index (χ3n) is 10.2. The van der Waals surface area contributed by atoms with Gasteiger partial charge in [-0.25, -0.2) is 9.78 Å². The SMILES string of the molecule is CNCCCC[C@H](CC(=O)[C@@H]1C[C@@H](OCc2ccc(Cl)cc2)CN1C(=O)[C@@H](CCc1ccccc1)NC(=O)OCc1ccccc1)C(=O)c1nc2ccccc2o1. The van der Waals surface area contributed by atoms with Gasteiger partial charge in [0.15, 0.2) is 11.4 Å². The van der Waals surface area contributed by atoms with Crippen molar-refractivity contribution < 1.29 is 33.1 Å². The number of hydrogen-bond donors (Lipinski definition) is 2. The number of nitrogens with zero attached hydrogens (tertiary/aromatic N) is 2. The molecule has 0 unspecified atom stereocenters. The number of fused-ring (bicyclic) bond motifs is 1. The van der Waals surface area contributed by atoms with Crippen LogP contribution in [0.4, 0.5) is 4.79 Å². The van der Waals surface area contributed by atoms with Gasteiger partial charge in [-0.1, -0.05) is 103 Å². The number of alkyl carbamates (subject to hydrolysis) is 1. The van der Waals surface area contributed by atoms with Gasteiger partial charge in [-0.05, 0) is 80.2 Å². The molecule has 1 saturated heterocycles. The number of ether oxygens (including phenoxy) is 2. The van der Waals surface area contributed by atoms with E-state index in [1.165, 1.54) is 4.90 Å². The molecule has 0 radical (unpaired) electrons. The van der Waals surface area contributed by atoms with Crippen LogP contribution in [0.5, 0.6) is 0 Å². The van der Waals surface area contributed by atoms with Crippen molar-refractivity contribution in [3.63, 3.8) is 0 Å². The average Bonchev–Trinajstić information content (AvgIpc) is 3.88. The van der Waals surface area contributed by atoms with Gasteiger partial charge in [0.2, 0.25) is 11.7 Å². The van der Waals surface area contributed by atoms with Gasteiger partial charge in [0, 0.05) is 30.3 Å². The van der Waals surface area contributed by atoms with Crippen molar-refractivity contribution in [2.24, 2.45) is 5.92 Å². The standard InChI is InChI=1S/C45H49ClN4O7/c1-47-25-11-10-16-34(42(52)43-48-37-17-8-9-18-41(37)57-43)26-40(51)39-27-36(55-29-33-19-22-35(46)23-20-33)28-50(39)44(53)38(24-21-31-12-4-2-5-13-31)49-45(54)56-30-32-14-6-3-7-15-32/h2-9,12-15,17-20,22-23,34,36,38-39,47H,10-11,16,21,24-30H2,1H3,(H,49,54)/t34-,36-,38-,39+/m1/s1. The largest absolute Gasteiger partial charge is 0.445 e. The van der Waals surface area contributed by atoms with Crippen LogP contribution in [0.25, 0.3) is 11.1 Å². The van der Waals surface area contributed by atoms with E-state index in [0.29, 0.717) is 35.4 Å². The molecule has 0 aliphatic carbocycles. The van der Waals surface area contributed by atoms with Crippen LogP contribution < -0.4 is 10.6 Å². The Hall–Kier alpha value is -5.36. The zero-order valence-electron chi connectivity index (χ0n) is 32.1. The molecule has 1 aliphatic heterocycles. The number of aryl methyl sites for hydroxylation is 1. The van der Waals surface area contributed by atoms with Gasteiger partial charge in [0.1, 0.15) is 18.2 Å². The zero-order valence-corrected chi connectivity index (χ0v) is 32.9. The van der Waals surface area contributed by atoms with Crippen molar-refractivity contribution >= 4 is 46.3 Å². The molecule has 6 rings (SSSR count). The second-order valence-electron chi connectivity index (χ2n) is 14.4. The van der Waals surface area contributed by atoms with E-state index in [-0.39, 0.29) is 56.5 Å². The van der Waals surface area contributed by atoms with Crippen molar-refractivity contribution in [3.8, 4) is 0 Å². The summed E-state index contributed by atoms with van der Waals surface area (Å²) in [5, 5.41) is 6.54. The number of aromatic nitrogens is 1. The Kier molecular flexibility index (Phi) is 15.0. The first-order valence-corrected chi connectivity index (χ1v) is 19.9. The van der Waals surface area contributed by atoms with Gasteiger partial charge in [0.25, 0.3) is 5.89 Å². The summed E-state index contributed by atoms with van der Waals surface area (Å²) >= 11 is 6.10. The fourth-order valence-electron chi connectivity index (χ4n) is 7.13. The van der Waals surface area contributed by atoms with Crippen LogP contribution >= 0.6 is 11.6 Å². The number of Topliss-reactive ketones (excluding diaryl/α,β-unsaturated/α-hetero) is 2. The second kappa shape index (κ2) is 20.7. The van der Waals surface area contributed by atoms with Gasteiger partial charge >= 0.3 is 6.09 Å². The van der Waals surface area contributed by atoms with E-state index in [9.17, 15) is 19.2 Å². The summed E-state index contributed by atoms with van der Waals surface area (Å²) in [5.41, 5.74) is 3.74. The lowest BCUT2D eigenvalue weighted by Gasteiger charge is -2.29. The molecular formula is C45H49ClN4O7. The number of carbonyl (C=O) groups is 4. The normalized spacial score (nSPS) is 16.3. The smallest absolute Gasteiger partial charge is 0.408 e. The molecule has 0 saturated carbocycles. The number of halogens is 1. The molecule has 0 spiro atoms. The Morgan fingerprint density at radius 1 is 0.842 bits per heavy atom. The summed E-state index contributed by atoms with van der Waals surface area (Å²) in [6.07, 6.45) is 1.59. The highest BCUT2D eigenvalue weighted by atomic mass is 35.5. The monoisotopic (exact) mass is 792 g/mol. The molecule has 0 bridgehead atoms. The van der Waals surface area contributed by atoms with Crippen LogP contribution in [-0.2, 0) is 38.7 Å². The van der Waals surface area contributed by atoms with Crippen LogP contribution in [0, 0.1) is 5.92 Å². The van der Waals surface area contributed by atoms with Crippen molar-refractivity contribution in [3.05, 3.63) is 137 Å². The quantitative estimate of drug-likeness (QED) is 0.0599. The molecule has 298 valence electrons. The van der Waals surface area contributed by atoms with E-state index in [1.807, 2.05) is 92.0 Å². The van der Waals surface area contributed by atoms with Crippen LogP contribution in [-0.4, -0.2) is 71.8 Å². The van der Waals surface area contributed by atoms with Gasteiger partial charge in [-0.2, -0.15) is 0 Å². The van der Waals surface area contributed by atoms with Crippen molar-refractivity contribution in [2.45, 2.75) is 76.3 Å². The molecule has 12 heteroatoms. The minimum atomic E-state index is -1.00. The van der Waals surface area contributed by atoms with Crippen molar-refractivity contribution in [2.75, 3.05) is 20.1 Å². The topological polar surface area (TPSA) is 140 Å². The fourth-order valence-corrected chi connectivity index (χ4v) is 7.26.